The van der Waals surface area contributed by atoms with Gasteiger partial charge in [0.15, 0.2) is 5.78 Å². The van der Waals surface area contributed by atoms with Crippen molar-refractivity contribution < 1.29 is 14.3 Å². The van der Waals surface area contributed by atoms with Crippen LogP contribution in [-0.2, 0) is 0 Å². The number of halogens is 1. The minimum absolute atomic E-state index is 0.0297. The molecular formula is C29H21ClO3. The summed E-state index contributed by atoms with van der Waals surface area (Å²) in [4.78, 5) is 13.8. The zero-order valence-corrected chi connectivity index (χ0v) is 18.8. The fraction of sp³-hybridized carbons (Fsp3) is 0.0690. The number of fused-ring (bicyclic) bond motifs is 1. The van der Waals surface area contributed by atoms with Crippen LogP contribution in [0.2, 0.25) is 5.02 Å². The van der Waals surface area contributed by atoms with Crippen molar-refractivity contribution in [3.63, 3.8) is 0 Å². The largest absolute Gasteiger partial charge is 0.497 e. The highest BCUT2D eigenvalue weighted by molar-refractivity contribution is 6.30. The predicted octanol–water partition coefficient (Wildman–Crippen LogP) is 7.55. The smallest absolute Gasteiger partial charge is 0.194 e. The van der Waals surface area contributed by atoms with Crippen molar-refractivity contribution in [1.29, 1.82) is 0 Å². The highest BCUT2D eigenvalue weighted by Gasteiger charge is 2.38. The number of carbonyl (C=O) groups is 1. The summed E-state index contributed by atoms with van der Waals surface area (Å²) in [6, 6.07) is 30.7. The molecule has 3 nitrogen and oxygen atoms in total. The maximum Gasteiger partial charge on any atom is 0.194 e. The van der Waals surface area contributed by atoms with Gasteiger partial charge < -0.3 is 9.47 Å². The molecule has 0 spiro atoms. The van der Waals surface area contributed by atoms with Crippen LogP contribution < -0.4 is 9.47 Å². The van der Waals surface area contributed by atoms with Crippen LogP contribution in [0.3, 0.4) is 0 Å². The molecule has 0 saturated carbocycles. The van der Waals surface area contributed by atoms with Gasteiger partial charge in [0.25, 0.3) is 0 Å². The van der Waals surface area contributed by atoms with Crippen LogP contribution >= 0.6 is 11.6 Å². The van der Waals surface area contributed by atoms with Crippen LogP contribution in [0.1, 0.15) is 33.0 Å². The summed E-state index contributed by atoms with van der Waals surface area (Å²) in [5.74, 6) is 1.72. The molecule has 4 aromatic rings. The van der Waals surface area contributed by atoms with Crippen molar-refractivity contribution in [2.45, 2.75) is 5.92 Å². The van der Waals surface area contributed by atoms with E-state index in [9.17, 15) is 4.79 Å². The first-order chi connectivity index (χ1) is 16.1. The Hall–Kier alpha value is -3.82. The predicted molar refractivity (Wildman–Crippen MR) is 132 cm³/mol. The Morgan fingerprint density at radius 1 is 0.788 bits per heavy atom. The highest BCUT2D eigenvalue weighted by Crippen LogP contribution is 2.46. The van der Waals surface area contributed by atoms with Crippen molar-refractivity contribution in [1.82, 2.24) is 0 Å². The number of hydrogen-bond donors (Lipinski definition) is 0. The van der Waals surface area contributed by atoms with Gasteiger partial charge in [-0.1, -0.05) is 66.2 Å². The molecule has 4 heteroatoms. The number of hydrogen-bond acceptors (Lipinski definition) is 3. The minimum Gasteiger partial charge on any atom is -0.497 e. The van der Waals surface area contributed by atoms with Gasteiger partial charge in [0.2, 0.25) is 0 Å². The summed E-state index contributed by atoms with van der Waals surface area (Å²) < 4.78 is 11.4. The number of ketones is 1. The van der Waals surface area contributed by atoms with Crippen molar-refractivity contribution in [3.8, 4) is 17.2 Å². The molecule has 1 aliphatic carbocycles. The lowest BCUT2D eigenvalue weighted by Crippen LogP contribution is -2.02. The molecule has 1 atom stereocenters. The van der Waals surface area contributed by atoms with E-state index < -0.39 is 0 Å². The number of rotatable bonds is 5. The van der Waals surface area contributed by atoms with E-state index in [1.54, 1.807) is 7.11 Å². The van der Waals surface area contributed by atoms with Crippen LogP contribution in [0, 0.1) is 0 Å². The van der Waals surface area contributed by atoms with Crippen LogP contribution in [0.25, 0.3) is 6.08 Å². The first kappa shape index (κ1) is 21.0. The van der Waals surface area contributed by atoms with Crippen LogP contribution in [0.15, 0.2) is 103 Å². The molecule has 0 amide bonds. The fourth-order valence-electron chi connectivity index (χ4n) is 4.22. The third-order valence-electron chi connectivity index (χ3n) is 5.78. The normalized spacial score (nSPS) is 16.0. The third-order valence-corrected chi connectivity index (χ3v) is 6.03. The molecule has 162 valence electrons. The van der Waals surface area contributed by atoms with E-state index >= 15 is 0 Å². The maximum absolute atomic E-state index is 13.8. The summed E-state index contributed by atoms with van der Waals surface area (Å²) in [6.07, 6.45) is 1.95. The second kappa shape index (κ2) is 8.97. The zero-order chi connectivity index (χ0) is 22.8. The fourth-order valence-corrected chi connectivity index (χ4v) is 4.35. The zero-order valence-electron chi connectivity index (χ0n) is 18.0. The molecular weight excluding hydrogens is 432 g/mol. The lowest BCUT2D eigenvalue weighted by atomic mass is 9.89. The van der Waals surface area contributed by atoms with Crippen LogP contribution in [0.4, 0.5) is 0 Å². The topological polar surface area (TPSA) is 35.5 Å². The van der Waals surface area contributed by atoms with Gasteiger partial charge in [-0.25, -0.2) is 0 Å². The van der Waals surface area contributed by atoms with Gasteiger partial charge in [-0.15, -0.1) is 0 Å². The third kappa shape index (κ3) is 4.15. The Labute approximate surface area is 197 Å². The van der Waals surface area contributed by atoms with Gasteiger partial charge in [0.1, 0.15) is 17.2 Å². The number of methoxy groups -OCH3 is 1. The van der Waals surface area contributed by atoms with Gasteiger partial charge in [-0.05, 0) is 65.2 Å². The Balaban J connectivity index is 1.61. The Kier molecular flexibility index (Phi) is 5.72. The van der Waals surface area contributed by atoms with Gasteiger partial charge in [-0.2, -0.15) is 0 Å². The molecule has 5 rings (SSSR count). The Morgan fingerprint density at radius 3 is 2.18 bits per heavy atom. The van der Waals surface area contributed by atoms with E-state index in [0.29, 0.717) is 27.7 Å². The number of ether oxygens (including phenoxy) is 2. The summed E-state index contributed by atoms with van der Waals surface area (Å²) in [5, 5.41) is 0.660. The Morgan fingerprint density at radius 2 is 1.48 bits per heavy atom. The van der Waals surface area contributed by atoms with Crippen molar-refractivity contribution in [2.75, 3.05) is 7.11 Å². The SMILES string of the molecule is COc1ccc(Oc2cccc3c2C(=O)/C(=C/c2ccc(Cl)cc2)[C@H]3c2ccccc2)cc1. The highest BCUT2D eigenvalue weighted by atomic mass is 35.5. The van der Waals surface area contributed by atoms with Crippen LogP contribution in [-0.4, -0.2) is 12.9 Å². The van der Waals surface area contributed by atoms with Crippen molar-refractivity contribution >= 4 is 23.5 Å². The number of carbonyl (C=O) groups excluding carboxylic acids is 1. The van der Waals surface area contributed by atoms with E-state index in [0.717, 1.165) is 22.4 Å². The molecule has 0 radical (unpaired) electrons. The van der Waals surface area contributed by atoms with E-state index in [-0.39, 0.29) is 11.7 Å². The average Bonchev–Trinajstić information content (AvgIpc) is 3.13. The van der Waals surface area contributed by atoms with Gasteiger partial charge in [0, 0.05) is 16.5 Å². The van der Waals surface area contributed by atoms with Gasteiger partial charge in [0.05, 0.1) is 12.7 Å². The summed E-state index contributed by atoms with van der Waals surface area (Å²) in [6.45, 7) is 0. The summed E-state index contributed by atoms with van der Waals surface area (Å²) in [5.41, 5.74) is 4.24. The van der Waals surface area contributed by atoms with Gasteiger partial charge in [-0.3, -0.25) is 4.79 Å². The molecule has 33 heavy (non-hydrogen) atoms. The van der Waals surface area contributed by atoms with E-state index in [1.165, 1.54) is 0 Å². The van der Waals surface area contributed by atoms with Crippen molar-refractivity contribution in [2.24, 2.45) is 0 Å². The second-order valence-corrected chi connectivity index (χ2v) is 8.26. The standard InChI is InChI=1S/C29H21ClO3/c1-32-22-14-16-23(17-15-22)33-26-9-5-8-24-27(20-6-3-2-4-7-20)25(29(31)28(24)26)18-19-10-12-21(30)13-11-19/h2-18,27H,1H3/b25-18+/t27-/m0/s1. The molecule has 0 saturated heterocycles. The molecule has 0 aromatic heterocycles. The maximum atomic E-state index is 13.8. The second-order valence-electron chi connectivity index (χ2n) is 7.82. The average molecular weight is 453 g/mol. The van der Waals surface area contributed by atoms with E-state index in [1.807, 2.05) is 91.0 Å². The molecule has 0 unspecified atom stereocenters. The summed E-state index contributed by atoms with van der Waals surface area (Å²) >= 11 is 6.06. The van der Waals surface area contributed by atoms with Crippen LogP contribution in [0.5, 0.6) is 17.2 Å². The molecule has 1 aliphatic rings. The lowest BCUT2D eigenvalue weighted by Gasteiger charge is -2.14. The van der Waals surface area contributed by atoms with E-state index in [4.69, 9.17) is 21.1 Å². The molecule has 0 bridgehead atoms. The number of benzene rings is 4. The number of allylic oxidation sites excluding steroid dienone is 1. The first-order valence-corrected chi connectivity index (χ1v) is 11.0. The molecule has 0 aliphatic heterocycles. The quantitative estimate of drug-likeness (QED) is 0.293. The number of Topliss-reactive ketones (excluding diaryl/α,β-unsaturated/α-hetero) is 1. The molecule has 0 fully saturated rings. The lowest BCUT2D eigenvalue weighted by molar-refractivity contribution is 0.103. The Bertz CT molecular complexity index is 1320. The monoisotopic (exact) mass is 452 g/mol. The minimum atomic E-state index is -0.177. The molecule has 0 N–H and O–H groups in total. The molecule has 0 heterocycles. The first-order valence-electron chi connectivity index (χ1n) is 10.7. The van der Waals surface area contributed by atoms with E-state index in [2.05, 4.69) is 12.1 Å². The van der Waals surface area contributed by atoms with Crippen molar-refractivity contribution in [3.05, 3.63) is 130 Å². The summed E-state index contributed by atoms with van der Waals surface area (Å²) in [7, 11) is 1.62. The van der Waals surface area contributed by atoms with Gasteiger partial charge >= 0.3 is 0 Å². The molecule has 4 aromatic carbocycles.